The van der Waals surface area contributed by atoms with Gasteiger partial charge in [0.25, 0.3) is 0 Å². The maximum absolute atomic E-state index is 10.0. The van der Waals surface area contributed by atoms with Crippen molar-refractivity contribution < 1.29 is 5.11 Å². The number of aromatic nitrogens is 1. The van der Waals surface area contributed by atoms with Crippen LogP contribution in [0.1, 0.15) is 11.1 Å². The lowest BCUT2D eigenvalue weighted by atomic mass is 10.1. The van der Waals surface area contributed by atoms with Crippen molar-refractivity contribution in [2.75, 3.05) is 11.1 Å². The van der Waals surface area contributed by atoms with E-state index >= 15 is 0 Å². The number of anilines is 2. The summed E-state index contributed by atoms with van der Waals surface area (Å²) in [7, 11) is 0. The van der Waals surface area contributed by atoms with E-state index < -0.39 is 0 Å². The normalized spacial score (nSPS) is 11.9. The molecule has 0 saturated heterocycles. The van der Waals surface area contributed by atoms with Crippen LogP contribution >= 0.6 is 0 Å². The van der Waals surface area contributed by atoms with Gasteiger partial charge in [-0.2, -0.15) is 0 Å². The fraction of sp³-hybridized carbons (Fsp3) is 0. The summed E-state index contributed by atoms with van der Waals surface area (Å²) in [6, 6.07) is 6.88. The predicted molar refractivity (Wildman–Crippen MR) is 82.3 cm³/mol. The highest BCUT2D eigenvalue weighted by Gasteiger charge is 2.06. The van der Waals surface area contributed by atoms with Crippen LogP contribution in [0.15, 0.2) is 42.9 Å². The molecule has 0 aliphatic heterocycles. The van der Waals surface area contributed by atoms with Gasteiger partial charge in [-0.15, -0.1) is 0 Å². The topological polar surface area (TPSA) is 126 Å². The molecule has 0 atom stereocenters. The van der Waals surface area contributed by atoms with Crippen LogP contribution in [0, 0.1) is 0 Å². The van der Waals surface area contributed by atoms with E-state index in [1.807, 2.05) is 0 Å². The van der Waals surface area contributed by atoms with Crippen LogP contribution in [0.4, 0.5) is 11.5 Å². The van der Waals surface area contributed by atoms with E-state index in [4.69, 9.17) is 17.2 Å². The number of phenolic OH excluding ortho intramolecular Hbond substituents is 1. The lowest BCUT2D eigenvalue weighted by Gasteiger charge is -2.08. The summed E-state index contributed by atoms with van der Waals surface area (Å²) >= 11 is 0. The van der Waals surface area contributed by atoms with Crippen LogP contribution in [-0.2, 0) is 0 Å². The minimum Gasteiger partial charge on any atom is -0.507 e. The van der Waals surface area contributed by atoms with Gasteiger partial charge in [0.2, 0.25) is 0 Å². The highest BCUT2D eigenvalue weighted by molar-refractivity contribution is 5.85. The molecule has 9 N–H and O–H groups in total. The Morgan fingerprint density at radius 1 is 1.30 bits per heavy atom. The van der Waals surface area contributed by atoms with E-state index in [2.05, 4.69) is 10.3 Å². The summed E-state index contributed by atoms with van der Waals surface area (Å²) in [5, 5.41) is 12.9. The first-order chi connectivity index (χ1) is 9.61. The molecule has 2 rings (SSSR count). The van der Waals surface area contributed by atoms with E-state index in [0.717, 1.165) is 5.56 Å². The van der Waals surface area contributed by atoms with Crippen LogP contribution in [0.25, 0.3) is 11.8 Å². The van der Waals surface area contributed by atoms with Crippen molar-refractivity contribution in [3.8, 4) is 5.75 Å². The summed E-state index contributed by atoms with van der Waals surface area (Å²) in [5.41, 5.74) is 19.4. The third-order valence-electron chi connectivity index (χ3n) is 2.78. The summed E-state index contributed by atoms with van der Waals surface area (Å²) in [5.74, 6) is 0.599. The molecule has 2 aromatic rings. The maximum Gasteiger partial charge on any atom is 0.126 e. The van der Waals surface area contributed by atoms with Gasteiger partial charge in [-0.3, -0.25) is 0 Å². The minimum absolute atomic E-state index is 0.0725. The number of aromatic hydroxyl groups is 1. The molecule has 0 bridgehead atoms. The number of hydrogen-bond acceptors (Lipinski definition) is 5. The Kier molecular flexibility index (Phi) is 3.85. The van der Waals surface area contributed by atoms with Crippen molar-refractivity contribution in [3.05, 3.63) is 54.0 Å². The molecule has 1 aromatic carbocycles. The smallest absolute Gasteiger partial charge is 0.126 e. The molecular weight excluding hydrogens is 254 g/mol. The van der Waals surface area contributed by atoms with Crippen LogP contribution < -0.4 is 22.5 Å². The second-order valence-electron chi connectivity index (χ2n) is 4.18. The molecule has 0 spiro atoms. The number of nitrogens with two attached hydrogens (primary N) is 3. The third kappa shape index (κ3) is 2.86. The van der Waals surface area contributed by atoms with E-state index in [1.165, 1.54) is 6.20 Å². The van der Waals surface area contributed by atoms with Crippen LogP contribution in [0.2, 0.25) is 0 Å². The number of nitrogens with one attached hydrogen (secondary N) is 2. The van der Waals surface area contributed by atoms with Gasteiger partial charge in [-0.1, -0.05) is 0 Å². The summed E-state index contributed by atoms with van der Waals surface area (Å²) in [4.78, 5) is 2.86. The molecule has 0 fully saturated rings. The maximum atomic E-state index is 10.0. The number of aromatic amines is 1. The zero-order valence-electron chi connectivity index (χ0n) is 10.8. The van der Waals surface area contributed by atoms with E-state index in [-0.39, 0.29) is 5.75 Å². The number of nitrogen functional groups attached to an aromatic ring is 1. The van der Waals surface area contributed by atoms with Crippen molar-refractivity contribution in [1.82, 2.24) is 4.98 Å². The van der Waals surface area contributed by atoms with Crippen molar-refractivity contribution in [3.63, 3.8) is 0 Å². The Morgan fingerprint density at radius 3 is 2.70 bits per heavy atom. The van der Waals surface area contributed by atoms with Gasteiger partial charge in [0.05, 0.1) is 0 Å². The SMILES string of the molecule is N/C=C\Nc1ccc(/C(N)=C/c2cc[nH]c2N)c(O)c1. The standard InChI is InChI=1S/C14H17N5O/c15-4-6-18-10-1-2-11(13(20)8-10)12(16)7-9-3-5-19-14(9)17/h1-8,18-20H,15-17H2/b6-4-,12-7-. The van der Waals surface area contributed by atoms with E-state index in [0.29, 0.717) is 22.8 Å². The first-order valence-electron chi connectivity index (χ1n) is 5.98. The zero-order valence-corrected chi connectivity index (χ0v) is 10.8. The molecule has 0 unspecified atom stereocenters. The number of benzene rings is 1. The monoisotopic (exact) mass is 271 g/mol. The molecule has 6 heteroatoms. The Labute approximate surface area is 116 Å². The number of H-pyrrole nitrogens is 1. The highest BCUT2D eigenvalue weighted by Crippen LogP contribution is 2.27. The molecule has 0 amide bonds. The van der Waals surface area contributed by atoms with Crippen LogP contribution in [0.3, 0.4) is 0 Å². The van der Waals surface area contributed by atoms with Gasteiger partial charge in [-0.05, 0) is 24.3 Å². The Balaban J connectivity index is 2.29. The average Bonchev–Trinajstić information content (AvgIpc) is 2.82. The average molecular weight is 271 g/mol. The third-order valence-corrected chi connectivity index (χ3v) is 2.78. The van der Waals surface area contributed by atoms with Gasteiger partial charge in [-0.25, -0.2) is 0 Å². The van der Waals surface area contributed by atoms with Crippen molar-refractivity contribution in [1.29, 1.82) is 0 Å². The Hall–Kier alpha value is -3.02. The predicted octanol–water partition coefficient (Wildman–Crippen LogP) is 1.60. The lowest BCUT2D eigenvalue weighted by molar-refractivity contribution is 0.474. The molecule has 20 heavy (non-hydrogen) atoms. The Morgan fingerprint density at radius 2 is 2.10 bits per heavy atom. The van der Waals surface area contributed by atoms with Gasteiger partial charge in [0.15, 0.2) is 0 Å². The zero-order chi connectivity index (χ0) is 14.5. The summed E-state index contributed by atoms with van der Waals surface area (Å²) in [6.45, 7) is 0. The van der Waals surface area contributed by atoms with Gasteiger partial charge in [0, 0.05) is 47.2 Å². The lowest BCUT2D eigenvalue weighted by Crippen LogP contribution is -1.98. The van der Waals surface area contributed by atoms with Crippen molar-refractivity contribution in [2.45, 2.75) is 0 Å². The second kappa shape index (κ2) is 5.75. The van der Waals surface area contributed by atoms with E-state index in [1.54, 1.807) is 42.7 Å². The molecular formula is C14H17N5O. The number of hydrogen-bond donors (Lipinski definition) is 6. The molecule has 1 heterocycles. The summed E-state index contributed by atoms with van der Waals surface area (Å²) < 4.78 is 0. The largest absolute Gasteiger partial charge is 0.507 e. The molecule has 0 aliphatic carbocycles. The first kappa shape index (κ1) is 13.4. The fourth-order valence-corrected chi connectivity index (χ4v) is 1.78. The van der Waals surface area contributed by atoms with Gasteiger partial charge >= 0.3 is 0 Å². The number of phenols is 1. The molecule has 104 valence electrons. The minimum atomic E-state index is 0.0725. The Bertz CT molecular complexity index is 657. The number of rotatable bonds is 4. The quantitative estimate of drug-likeness (QED) is 0.503. The fourth-order valence-electron chi connectivity index (χ4n) is 1.78. The van der Waals surface area contributed by atoms with Gasteiger partial charge < -0.3 is 32.6 Å². The molecule has 0 saturated carbocycles. The van der Waals surface area contributed by atoms with Gasteiger partial charge in [0.1, 0.15) is 11.6 Å². The summed E-state index contributed by atoms with van der Waals surface area (Å²) in [6.07, 6.45) is 6.36. The van der Waals surface area contributed by atoms with Crippen molar-refractivity contribution >= 4 is 23.3 Å². The van der Waals surface area contributed by atoms with Crippen LogP contribution in [0.5, 0.6) is 5.75 Å². The second-order valence-corrected chi connectivity index (χ2v) is 4.18. The van der Waals surface area contributed by atoms with Crippen molar-refractivity contribution in [2.24, 2.45) is 11.5 Å². The van der Waals surface area contributed by atoms with Crippen LogP contribution in [-0.4, -0.2) is 10.1 Å². The molecule has 0 radical (unpaired) electrons. The van der Waals surface area contributed by atoms with E-state index in [9.17, 15) is 5.11 Å². The molecule has 1 aromatic heterocycles. The molecule has 6 nitrogen and oxygen atoms in total. The molecule has 0 aliphatic rings. The highest BCUT2D eigenvalue weighted by atomic mass is 16.3. The first-order valence-corrected chi connectivity index (χ1v) is 5.98.